The van der Waals surface area contributed by atoms with Gasteiger partial charge in [-0.25, -0.2) is 0 Å². The minimum absolute atomic E-state index is 0.0265. The van der Waals surface area contributed by atoms with E-state index in [9.17, 15) is 22.8 Å². The molecule has 2 N–H and O–H groups in total. The van der Waals surface area contributed by atoms with Crippen molar-refractivity contribution in [3.8, 4) is 0 Å². The summed E-state index contributed by atoms with van der Waals surface area (Å²) in [4.78, 5) is 21.4. The summed E-state index contributed by atoms with van der Waals surface area (Å²) in [5.74, 6) is -3.42. The fourth-order valence-corrected chi connectivity index (χ4v) is 1.85. The lowest BCUT2D eigenvalue weighted by atomic mass is 10.1. The van der Waals surface area contributed by atoms with Crippen molar-refractivity contribution < 1.29 is 27.9 Å². The molecule has 0 spiro atoms. The molecule has 4 nitrogen and oxygen atoms in total. The van der Waals surface area contributed by atoms with E-state index < -0.39 is 24.0 Å². The van der Waals surface area contributed by atoms with Crippen LogP contribution in [0.25, 0.3) is 0 Å². The molecular weight excluding hydrogens is 263 g/mol. The molecule has 2 atom stereocenters. The molecule has 1 aromatic rings. The lowest BCUT2D eigenvalue weighted by Gasteiger charge is -2.08. The maximum atomic E-state index is 12.0. The van der Waals surface area contributed by atoms with E-state index in [1.165, 1.54) is 24.3 Å². The predicted molar refractivity (Wildman–Crippen MR) is 59.6 cm³/mol. The van der Waals surface area contributed by atoms with Crippen LogP contribution in [0, 0.1) is 5.92 Å². The number of halogens is 3. The Kier molecular flexibility index (Phi) is 3.21. The minimum Gasteiger partial charge on any atom is -0.481 e. The van der Waals surface area contributed by atoms with Gasteiger partial charge in [-0.2, -0.15) is 13.2 Å². The topological polar surface area (TPSA) is 66.4 Å². The number of carbonyl (C=O) groups is 2. The van der Waals surface area contributed by atoms with Gasteiger partial charge in [0.25, 0.3) is 0 Å². The average Bonchev–Trinajstić information content (AvgIpc) is 3.08. The van der Waals surface area contributed by atoms with E-state index in [-0.39, 0.29) is 11.6 Å². The van der Waals surface area contributed by atoms with Gasteiger partial charge in [-0.1, -0.05) is 12.1 Å². The van der Waals surface area contributed by atoms with Gasteiger partial charge in [0.2, 0.25) is 0 Å². The van der Waals surface area contributed by atoms with Crippen molar-refractivity contribution in [3.63, 3.8) is 0 Å². The first-order valence-electron chi connectivity index (χ1n) is 5.50. The molecule has 1 aliphatic rings. The third-order valence-corrected chi connectivity index (χ3v) is 2.96. The number of rotatable bonds is 3. The second-order valence-electron chi connectivity index (χ2n) is 4.36. The van der Waals surface area contributed by atoms with Crippen molar-refractivity contribution in [1.29, 1.82) is 0 Å². The van der Waals surface area contributed by atoms with E-state index in [0.717, 1.165) is 5.56 Å². The zero-order valence-corrected chi connectivity index (χ0v) is 9.57. The summed E-state index contributed by atoms with van der Waals surface area (Å²) in [5.41, 5.74) is 0.774. The molecule has 1 amide bonds. The number of amides is 1. The second-order valence-corrected chi connectivity index (χ2v) is 4.36. The van der Waals surface area contributed by atoms with E-state index >= 15 is 0 Å². The van der Waals surface area contributed by atoms with Crippen molar-refractivity contribution >= 4 is 17.6 Å². The molecule has 0 bridgehead atoms. The Hall–Kier alpha value is -2.05. The van der Waals surface area contributed by atoms with E-state index in [1.54, 1.807) is 5.32 Å². The van der Waals surface area contributed by atoms with Crippen LogP contribution in [-0.2, 0) is 9.59 Å². The first kappa shape index (κ1) is 13.4. The number of aliphatic carboxylic acids is 1. The summed E-state index contributed by atoms with van der Waals surface area (Å²) in [5, 5.41) is 10.5. The molecule has 0 radical (unpaired) electrons. The second kappa shape index (κ2) is 4.56. The Bertz CT molecular complexity index is 510. The Morgan fingerprint density at radius 3 is 2.21 bits per heavy atom. The van der Waals surface area contributed by atoms with Gasteiger partial charge in [0.15, 0.2) is 0 Å². The summed E-state index contributed by atoms with van der Waals surface area (Å²) in [6.07, 6.45) is -4.40. The third-order valence-electron chi connectivity index (χ3n) is 2.96. The van der Waals surface area contributed by atoms with Gasteiger partial charge in [0, 0.05) is 5.69 Å². The van der Waals surface area contributed by atoms with Crippen LogP contribution in [0.3, 0.4) is 0 Å². The standard InChI is InChI=1S/C12H10F3NO3/c13-12(14,15)11(19)16-7-3-1-6(2-4-7)8-5-9(8)10(17)18/h1-4,8-9H,5H2,(H,16,19)(H,17,18)/t8-,9+/m0/s1. The molecule has 0 aromatic heterocycles. The molecule has 1 aliphatic carbocycles. The maximum Gasteiger partial charge on any atom is 0.471 e. The molecule has 1 aromatic carbocycles. The summed E-state index contributed by atoms with van der Waals surface area (Å²) in [6.45, 7) is 0. The van der Waals surface area contributed by atoms with Crippen LogP contribution >= 0.6 is 0 Å². The molecule has 0 aliphatic heterocycles. The normalized spacial score (nSPS) is 21.8. The number of benzene rings is 1. The highest BCUT2D eigenvalue weighted by molar-refractivity contribution is 5.94. The average molecular weight is 273 g/mol. The Morgan fingerprint density at radius 1 is 1.21 bits per heavy atom. The Labute approximate surface area is 106 Å². The van der Waals surface area contributed by atoms with Crippen LogP contribution in [0.2, 0.25) is 0 Å². The lowest BCUT2D eigenvalue weighted by Crippen LogP contribution is -2.29. The van der Waals surface area contributed by atoms with Crippen LogP contribution in [0.4, 0.5) is 18.9 Å². The predicted octanol–water partition coefficient (Wildman–Crippen LogP) is 2.38. The van der Waals surface area contributed by atoms with Crippen molar-refractivity contribution in [1.82, 2.24) is 0 Å². The molecule has 19 heavy (non-hydrogen) atoms. The highest BCUT2D eigenvalue weighted by Gasteiger charge is 2.44. The molecule has 1 saturated carbocycles. The molecule has 0 saturated heterocycles. The van der Waals surface area contributed by atoms with Gasteiger partial charge in [0.1, 0.15) is 0 Å². The zero-order chi connectivity index (χ0) is 14.2. The van der Waals surface area contributed by atoms with E-state index in [1.807, 2.05) is 0 Å². The van der Waals surface area contributed by atoms with Crippen molar-refractivity contribution in [2.75, 3.05) is 5.32 Å². The van der Waals surface area contributed by atoms with Gasteiger partial charge in [0.05, 0.1) is 5.92 Å². The fourth-order valence-electron chi connectivity index (χ4n) is 1.85. The van der Waals surface area contributed by atoms with Gasteiger partial charge >= 0.3 is 18.1 Å². The highest BCUT2D eigenvalue weighted by atomic mass is 19.4. The number of hydrogen-bond donors (Lipinski definition) is 2. The Balaban J connectivity index is 2.00. The highest BCUT2D eigenvalue weighted by Crippen LogP contribution is 2.47. The SMILES string of the molecule is O=C(O)[C@@H]1C[C@H]1c1ccc(NC(=O)C(F)(F)F)cc1. The van der Waals surface area contributed by atoms with E-state index in [0.29, 0.717) is 6.42 Å². The van der Waals surface area contributed by atoms with E-state index in [4.69, 9.17) is 5.11 Å². The molecule has 1 fully saturated rings. The molecule has 2 rings (SSSR count). The largest absolute Gasteiger partial charge is 0.481 e. The molecule has 102 valence electrons. The van der Waals surface area contributed by atoms with Gasteiger partial charge in [-0.05, 0) is 30.0 Å². The summed E-state index contributed by atoms with van der Waals surface area (Å²) in [6, 6.07) is 5.71. The number of alkyl halides is 3. The van der Waals surface area contributed by atoms with Gasteiger partial charge < -0.3 is 10.4 Å². The lowest BCUT2D eigenvalue weighted by molar-refractivity contribution is -0.167. The van der Waals surface area contributed by atoms with Crippen LogP contribution < -0.4 is 5.32 Å². The van der Waals surface area contributed by atoms with Crippen LogP contribution in [-0.4, -0.2) is 23.2 Å². The molecule has 0 unspecified atom stereocenters. The first-order valence-corrected chi connectivity index (χ1v) is 5.50. The number of anilines is 1. The monoisotopic (exact) mass is 273 g/mol. The molecule has 7 heteroatoms. The van der Waals surface area contributed by atoms with Crippen molar-refractivity contribution in [2.45, 2.75) is 18.5 Å². The zero-order valence-electron chi connectivity index (χ0n) is 9.57. The van der Waals surface area contributed by atoms with Gasteiger partial charge in [-0.15, -0.1) is 0 Å². The minimum atomic E-state index is -4.93. The number of carboxylic acids is 1. The smallest absolute Gasteiger partial charge is 0.471 e. The van der Waals surface area contributed by atoms with Crippen molar-refractivity contribution in [3.05, 3.63) is 29.8 Å². The summed E-state index contributed by atoms with van der Waals surface area (Å²) in [7, 11) is 0. The first-order chi connectivity index (χ1) is 8.79. The van der Waals surface area contributed by atoms with E-state index in [2.05, 4.69) is 0 Å². The van der Waals surface area contributed by atoms with Crippen LogP contribution in [0.15, 0.2) is 24.3 Å². The molecule has 0 heterocycles. The number of hydrogen-bond acceptors (Lipinski definition) is 2. The van der Waals surface area contributed by atoms with Crippen molar-refractivity contribution in [2.24, 2.45) is 5.92 Å². The molecular formula is C12H10F3NO3. The number of carboxylic acid groups (broad SMARTS) is 1. The summed E-state index contributed by atoms with van der Waals surface area (Å²) < 4.78 is 36.0. The van der Waals surface area contributed by atoms with Crippen LogP contribution in [0.1, 0.15) is 17.9 Å². The van der Waals surface area contributed by atoms with Gasteiger partial charge in [-0.3, -0.25) is 9.59 Å². The third kappa shape index (κ3) is 3.04. The fraction of sp³-hybridized carbons (Fsp3) is 0.333. The quantitative estimate of drug-likeness (QED) is 0.888. The maximum absolute atomic E-state index is 12.0. The number of carbonyl (C=O) groups excluding carboxylic acids is 1. The summed E-state index contributed by atoms with van der Waals surface area (Å²) >= 11 is 0. The Morgan fingerprint density at radius 2 is 1.79 bits per heavy atom. The number of nitrogens with one attached hydrogen (secondary N) is 1. The van der Waals surface area contributed by atoms with Crippen LogP contribution in [0.5, 0.6) is 0 Å².